The summed E-state index contributed by atoms with van der Waals surface area (Å²) in [5.41, 5.74) is 1.77. The molecule has 1 aromatic carbocycles. The summed E-state index contributed by atoms with van der Waals surface area (Å²) in [4.78, 5) is 18.9. The van der Waals surface area contributed by atoms with E-state index >= 15 is 0 Å². The van der Waals surface area contributed by atoms with Gasteiger partial charge in [0.15, 0.2) is 0 Å². The van der Waals surface area contributed by atoms with Gasteiger partial charge in [-0.1, -0.05) is 18.2 Å². The fraction of sp³-hybridized carbons (Fsp3) is 0.500. The van der Waals surface area contributed by atoms with Gasteiger partial charge in [-0.25, -0.2) is 9.67 Å². The number of likely N-dealkylation sites (tertiary alicyclic amines) is 1. The Hall–Kier alpha value is -2.21. The molecule has 6 heteroatoms. The van der Waals surface area contributed by atoms with E-state index in [4.69, 9.17) is 0 Å². The van der Waals surface area contributed by atoms with Gasteiger partial charge in [-0.05, 0) is 50.4 Å². The van der Waals surface area contributed by atoms with E-state index in [-0.39, 0.29) is 5.91 Å². The molecule has 2 heterocycles. The Morgan fingerprint density at radius 3 is 2.79 bits per heavy atom. The van der Waals surface area contributed by atoms with Crippen LogP contribution in [-0.4, -0.2) is 52.3 Å². The summed E-state index contributed by atoms with van der Waals surface area (Å²) in [6, 6.07) is 7.81. The number of benzene rings is 1. The van der Waals surface area contributed by atoms with Crippen LogP contribution in [0.4, 0.5) is 0 Å². The monoisotopic (exact) mass is 327 g/mol. The third kappa shape index (κ3) is 4.00. The van der Waals surface area contributed by atoms with Crippen molar-refractivity contribution in [2.45, 2.75) is 25.8 Å². The highest BCUT2D eigenvalue weighted by Crippen LogP contribution is 2.22. The molecule has 1 aliphatic heterocycles. The maximum absolute atomic E-state index is 12.9. The number of piperidine rings is 1. The largest absolute Gasteiger partial charge is 0.339 e. The topological polar surface area (TPSA) is 63.1 Å². The number of hydrogen-bond acceptors (Lipinski definition) is 4. The first kappa shape index (κ1) is 16.6. The summed E-state index contributed by atoms with van der Waals surface area (Å²) in [6.07, 6.45) is 6.58. The van der Waals surface area contributed by atoms with E-state index in [0.717, 1.165) is 49.5 Å². The van der Waals surface area contributed by atoms with Gasteiger partial charge in [0.2, 0.25) is 0 Å². The SMILES string of the molecule is CNCCC1CCN(C(=O)c2ccccc2Cn2cncn2)CC1. The molecule has 0 spiro atoms. The molecule has 1 aliphatic rings. The number of amides is 1. The van der Waals surface area contributed by atoms with Crippen LogP contribution in [-0.2, 0) is 6.54 Å². The zero-order valence-electron chi connectivity index (χ0n) is 14.2. The lowest BCUT2D eigenvalue weighted by atomic mass is 9.93. The molecule has 1 aromatic heterocycles. The molecule has 1 fully saturated rings. The lowest BCUT2D eigenvalue weighted by Gasteiger charge is -2.32. The number of hydrogen-bond donors (Lipinski definition) is 1. The van der Waals surface area contributed by atoms with Crippen molar-refractivity contribution < 1.29 is 4.79 Å². The molecule has 0 aliphatic carbocycles. The molecule has 0 unspecified atom stereocenters. The van der Waals surface area contributed by atoms with Crippen LogP contribution in [0.15, 0.2) is 36.9 Å². The zero-order valence-corrected chi connectivity index (χ0v) is 14.2. The number of rotatable bonds is 6. The number of carbonyl (C=O) groups is 1. The van der Waals surface area contributed by atoms with Gasteiger partial charge < -0.3 is 10.2 Å². The molecule has 2 aromatic rings. The lowest BCUT2D eigenvalue weighted by Crippen LogP contribution is -2.39. The molecule has 6 nitrogen and oxygen atoms in total. The predicted molar refractivity (Wildman–Crippen MR) is 92.7 cm³/mol. The highest BCUT2D eigenvalue weighted by molar-refractivity contribution is 5.95. The third-order valence-corrected chi connectivity index (χ3v) is 4.75. The lowest BCUT2D eigenvalue weighted by molar-refractivity contribution is 0.0686. The summed E-state index contributed by atoms with van der Waals surface area (Å²) in [7, 11) is 1.99. The molecular weight excluding hydrogens is 302 g/mol. The van der Waals surface area contributed by atoms with Crippen molar-refractivity contribution in [1.29, 1.82) is 0 Å². The van der Waals surface area contributed by atoms with Gasteiger partial charge in [0.25, 0.3) is 5.91 Å². The van der Waals surface area contributed by atoms with E-state index in [9.17, 15) is 4.79 Å². The zero-order chi connectivity index (χ0) is 16.8. The van der Waals surface area contributed by atoms with Gasteiger partial charge in [-0.15, -0.1) is 0 Å². The standard InChI is InChI=1S/C18H25N5O/c1-19-9-6-15-7-10-22(11-8-15)18(24)17-5-3-2-4-16(17)12-23-14-20-13-21-23/h2-5,13-15,19H,6-12H2,1H3. The molecule has 1 amide bonds. The highest BCUT2D eigenvalue weighted by atomic mass is 16.2. The first-order valence-electron chi connectivity index (χ1n) is 8.62. The van der Waals surface area contributed by atoms with E-state index in [1.165, 1.54) is 12.7 Å². The average molecular weight is 327 g/mol. The van der Waals surface area contributed by atoms with Gasteiger partial charge in [0.1, 0.15) is 12.7 Å². The first-order valence-corrected chi connectivity index (χ1v) is 8.62. The van der Waals surface area contributed by atoms with E-state index in [2.05, 4.69) is 15.4 Å². The van der Waals surface area contributed by atoms with Gasteiger partial charge in [0, 0.05) is 18.7 Å². The van der Waals surface area contributed by atoms with Crippen LogP contribution >= 0.6 is 0 Å². The van der Waals surface area contributed by atoms with Gasteiger partial charge in [-0.3, -0.25) is 4.79 Å². The molecule has 1 N–H and O–H groups in total. The Morgan fingerprint density at radius 1 is 1.29 bits per heavy atom. The smallest absolute Gasteiger partial charge is 0.254 e. The van der Waals surface area contributed by atoms with Crippen molar-refractivity contribution in [3.63, 3.8) is 0 Å². The minimum atomic E-state index is 0.137. The fourth-order valence-electron chi connectivity index (χ4n) is 3.30. The fourth-order valence-corrected chi connectivity index (χ4v) is 3.30. The summed E-state index contributed by atoms with van der Waals surface area (Å²) in [6.45, 7) is 3.33. The van der Waals surface area contributed by atoms with Crippen LogP contribution < -0.4 is 5.32 Å². The number of aromatic nitrogens is 3. The second kappa shape index (κ2) is 8.06. The molecule has 24 heavy (non-hydrogen) atoms. The summed E-state index contributed by atoms with van der Waals surface area (Å²) < 4.78 is 1.75. The maximum atomic E-state index is 12.9. The third-order valence-electron chi connectivity index (χ3n) is 4.75. The van der Waals surface area contributed by atoms with E-state index in [0.29, 0.717) is 6.54 Å². The highest BCUT2D eigenvalue weighted by Gasteiger charge is 2.24. The summed E-state index contributed by atoms with van der Waals surface area (Å²) in [5, 5.41) is 7.35. The van der Waals surface area contributed by atoms with Crippen LogP contribution in [0.3, 0.4) is 0 Å². The quantitative estimate of drug-likeness (QED) is 0.878. The molecule has 0 saturated carbocycles. The average Bonchev–Trinajstić information content (AvgIpc) is 3.13. The second-order valence-electron chi connectivity index (χ2n) is 6.38. The molecule has 0 atom stereocenters. The summed E-state index contributed by atoms with van der Waals surface area (Å²) in [5.74, 6) is 0.865. The first-order chi connectivity index (χ1) is 11.8. The van der Waals surface area contributed by atoms with Crippen molar-refractivity contribution in [3.8, 4) is 0 Å². The second-order valence-corrected chi connectivity index (χ2v) is 6.38. The maximum Gasteiger partial charge on any atom is 0.254 e. The molecule has 0 bridgehead atoms. The molecular formula is C18H25N5O. The molecule has 3 rings (SSSR count). The Bertz CT molecular complexity index is 647. The van der Waals surface area contributed by atoms with Crippen molar-refractivity contribution in [2.75, 3.05) is 26.7 Å². The van der Waals surface area contributed by atoms with Gasteiger partial charge in [0.05, 0.1) is 6.54 Å². The van der Waals surface area contributed by atoms with Crippen LogP contribution in [0.25, 0.3) is 0 Å². The van der Waals surface area contributed by atoms with Crippen molar-refractivity contribution in [2.24, 2.45) is 5.92 Å². The normalized spacial score (nSPS) is 15.6. The summed E-state index contributed by atoms with van der Waals surface area (Å²) >= 11 is 0. The minimum absolute atomic E-state index is 0.137. The van der Waals surface area contributed by atoms with E-state index in [1.807, 2.05) is 36.2 Å². The van der Waals surface area contributed by atoms with Crippen LogP contribution in [0.2, 0.25) is 0 Å². The Labute approximate surface area is 142 Å². The van der Waals surface area contributed by atoms with Gasteiger partial charge >= 0.3 is 0 Å². The van der Waals surface area contributed by atoms with Crippen LogP contribution in [0.1, 0.15) is 35.2 Å². The number of carbonyl (C=O) groups excluding carboxylic acids is 1. The van der Waals surface area contributed by atoms with Crippen LogP contribution in [0.5, 0.6) is 0 Å². The molecule has 128 valence electrons. The van der Waals surface area contributed by atoms with Crippen molar-refractivity contribution in [3.05, 3.63) is 48.0 Å². The van der Waals surface area contributed by atoms with Crippen molar-refractivity contribution >= 4 is 5.91 Å². The van der Waals surface area contributed by atoms with Gasteiger partial charge in [-0.2, -0.15) is 5.10 Å². The Morgan fingerprint density at radius 2 is 2.08 bits per heavy atom. The number of nitrogens with zero attached hydrogens (tertiary/aromatic N) is 4. The Balaban J connectivity index is 1.65. The number of nitrogens with one attached hydrogen (secondary N) is 1. The molecule has 1 saturated heterocycles. The van der Waals surface area contributed by atoms with E-state index in [1.54, 1.807) is 11.0 Å². The molecule has 0 radical (unpaired) electrons. The Kier molecular flexibility index (Phi) is 5.59. The van der Waals surface area contributed by atoms with Crippen molar-refractivity contribution in [1.82, 2.24) is 25.0 Å². The minimum Gasteiger partial charge on any atom is -0.339 e. The van der Waals surface area contributed by atoms with E-state index < -0.39 is 0 Å². The van der Waals surface area contributed by atoms with Crippen LogP contribution in [0, 0.1) is 5.92 Å². The predicted octanol–water partition coefficient (Wildman–Crippen LogP) is 1.79.